The number of nitrogens with zero attached hydrogens (tertiary/aromatic N) is 4. The first-order valence-electron chi connectivity index (χ1n) is 12.1. The lowest BCUT2D eigenvalue weighted by molar-refractivity contribution is -0.133. The van der Waals surface area contributed by atoms with Gasteiger partial charge in [0.1, 0.15) is 0 Å². The zero-order valence-electron chi connectivity index (χ0n) is 19.1. The molecule has 1 aromatic carbocycles. The molecular formula is C25H35N5O2. The predicted molar refractivity (Wildman–Crippen MR) is 126 cm³/mol. The molecule has 1 aromatic heterocycles. The highest BCUT2D eigenvalue weighted by Gasteiger charge is 2.30. The smallest absolute Gasteiger partial charge is 0.261 e. The van der Waals surface area contributed by atoms with E-state index in [1.807, 2.05) is 42.2 Å². The molecule has 0 unspecified atom stereocenters. The van der Waals surface area contributed by atoms with Crippen LogP contribution < -0.4 is 4.90 Å². The minimum atomic E-state index is -0.0258. The number of aromatic nitrogens is 2. The van der Waals surface area contributed by atoms with E-state index in [2.05, 4.69) is 15.1 Å². The molecule has 172 valence electrons. The average Bonchev–Trinajstić information content (AvgIpc) is 3.18. The van der Waals surface area contributed by atoms with Crippen LogP contribution in [0.1, 0.15) is 67.4 Å². The van der Waals surface area contributed by atoms with Gasteiger partial charge in [0.2, 0.25) is 5.91 Å². The van der Waals surface area contributed by atoms with Crippen molar-refractivity contribution in [2.24, 2.45) is 0 Å². The van der Waals surface area contributed by atoms with Crippen LogP contribution in [0, 0.1) is 0 Å². The molecule has 0 aliphatic carbocycles. The number of anilines is 1. The Morgan fingerprint density at radius 1 is 1.03 bits per heavy atom. The van der Waals surface area contributed by atoms with Crippen molar-refractivity contribution < 1.29 is 9.59 Å². The molecule has 3 heterocycles. The Kier molecular flexibility index (Phi) is 7.58. The van der Waals surface area contributed by atoms with E-state index in [1.54, 1.807) is 11.1 Å². The van der Waals surface area contributed by atoms with Crippen molar-refractivity contribution in [1.29, 1.82) is 0 Å². The van der Waals surface area contributed by atoms with Crippen LogP contribution in [-0.2, 0) is 4.79 Å². The van der Waals surface area contributed by atoms with Gasteiger partial charge in [-0.15, -0.1) is 0 Å². The van der Waals surface area contributed by atoms with Crippen LogP contribution in [-0.4, -0.2) is 71.1 Å². The Hall–Kier alpha value is -2.67. The fourth-order valence-electron chi connectivity index (χ4n) is 4.98. The number of rotatable bonds is 6. The summed E-state index contributed by atoms with van der Waals surface area (Å²) in [6.45, 7) is 6.67. The number of carbonyl (C=O) groups excluding carboxylic acids is 2. The summed E-state index contributed by atoms with van der Waals surface area (Å²) in [4.78, 5) is 32.3. The maximum absolute atomic E-state index is 13.3. The quantitative estimate of drug-likeness (QED) is 0.749. The maximum atomic E-state index is 13.3. The highest BCUT2D eigenvalue weighted by atomic mass is 16.2. The number of hydrogen-bond acceptors (Lipinski definition) is 4. The number of likely N-dealkylation sites (tertiary alicyclic amines) is 2. The molecule has 0 saturated carbocycles. The van der Waals surface area contributed by atoms with Gasteiger partial charge in [0, 0.05) is 31.2 Å². The van der Waals surface area contributed by atoms with Gasteiger partial charge in [-0.3, -0.25) is 19.6 Å². The number of hydrogen-bond donors (Lipinski definition) is 1. The topological polar surface area (TPSA) is 72.5 Å². The lowest BCUT2D eigenvalue weighted by Gasteiger charge is -2.33. The number of amides is 2. The third-order valence-electron chi connectivity index (χ3n) is 6.84. The van der Waals surface area contributed by atoms with E-state index in [1.165, 1.54) is 25.7 Å². The lowest BCUT2D eigenvalue weighted by atomic mass is 9.91. The summed E-state index contributed by atoms with van der Waals surface area (Å²) in [6, 6.07) is 9.75. The molecule has 0 radical (unpaired) electrons. The Labute approximate surface area is 190 Å². The first-order valence-corrected chi connectivity index (χ1v) is 12.1. The summed E-state index contributed by atoms with van der Waals surface area (Å²) >= 11 is 0. The van der Waals surface area contributed by atoms with Crippen molar-refractivity contribution in [3.63, 3.8) is 0 Å². The van der Waals surface area contributed by atoms with Crippen molar-refractivity contribution in [1.82, 2.24) is 20.0 Å². The third-order valence-corrected chi connectivity index (χ3v) is 6.84. The fourth-order valence-corrected chi connectivity index (χ4v) is 4.98. The Morgan fingerprint density at radius 3 is 2.38 bits per heavy atom. The van der Waals surface area contributed by atoms with Gasteiger partial charge < -0.3 is 9.80 Å². The standard InChI is InChI=1S/C25H35N5O2/c1-2-30(21-10-6-5-7-11-21)25(32)22-18-26-27-24(22)20-12-16-29(17-13-20)23(31)19-28-14-8-3-4-9-15-28/h5-7,10-11,18,20H,2-4,8-9,12-17,19H2,1H3,(H,26,27). The number of carbonyl (C=O) groups is 2. The Balaban J connectivity index is 1.37. The number of H-pyrrole nitrogens is 1. The minimum Gasteiger partial charge on any atom is -0.342 e. The van der Waals surface area contributed by atoms with Crippen molar-refractivity contribution in [2.45, 2.75) is 51.4 Å². The third kappa shape index (κ3) is 5.21. The monoisotopic (exact) mass is 437 g/mol. The number of benzene rings is 1. The molecule has 0 atom stereocenters. The summed E-state index contributed by atoms with van der Waals surface area (Å²) in [5.41, 5.74) is 2.44. The van der Waals surface area contributed by atoms with Crippen LogP contribution in [0.4, 0.5) is 5.69 Å². The molecule has 32 heavy (non-hydrogen) atoms. The van der Waals surface area contributed by atoms with Crippen LogP contribution in [0.15, 0.2) is 36.5 Å². The van der Waals surface area contributed by atoms with Gasteiger partial charge in [-0.25, -0.2) is 0 Å². The highest BCUT2D eigenvalue weighted by Crippen LogP contribution is 2.30. The number of nitrogens with one attached hydrogen (secondary N) is 1. The van der Waals surface area contributed by atoms with Gasteiger partial charge >= 0.3 is 0 Å². The molecule has 2 saturated heterocycles. The van der Waals surface area contributed by atoms with E-state index in [0.29, 0.717) is 18.7 Å². The SMILES string of the molecule is CCN(C(=O)c1cn[nH]c1C1CCN(C(=O)CN2CCCCCC2)CC1)c1ccccc1. The van der Waals surface area contributed by atoms with Crippen molar-refractivity contribution >= 4 is 17.5 Å². The molecule has 2 aliphatic rings. The number of para-hydroxylation sites is 1. The molecular weight excluding hydrogens is 402 g/mol. The normalized spacial score (nSPS) is 18.3. The molecule has 2 aromatic rings. The van der Waals surface area contributed by atoms with E-state index in [9.17, 15) is 9.59 Å². The molecule has 4 rings (SSSR count). The second-order valence-corrected chi connectivity index (χ2v) is 8.93. The van der Waals surface area contributed by atoms with Crippen LogP contribution >= 0.6 is 0 Å². The van der Waals surface area contributed by atoms with Gasteiger partial charge in [0.15, 0.2) is 0 Å². The average molecular weight is 438 g/mol. The summed E-state index contributed by atoms with van der Waals surface area (Å²) in [7, 11) is 0. The largest absolute Gasteiger partial charge is 0.342 e. The summed E-state index contributed by atoms with van der Waals surface area (Å²) in [5, 5.41) is 7.30. The Morgan fingerprint density at radius 2 is 1.72 bits per heavy atom. The van der Waals surface area contributed by atoms with E-state index >= 15 is 0 Å². The number of aromatic amines is 1. The minimum absolute atomic E-state index is 0.0258. The second-order valence-electron chi connectivity index (χ2n) is 8.93. The first-order chi connectivity index (χ1) is 15.7. The van der Waals surface area contributed by atoms with Gasteiger partial charge in [-0.2, -0.15) is 5.10 Å². The zero-order chi connectivity index (χ0) is 22.3. The summed E-state index contributed by atoms with van der Waals surface area (Å²) in [5.74, 6) is 0.433. The molecule has 2 aliphatic heterocycles. The zero-order valence-corrected chi connectivity index (χ0v) is 19.1. The number of piperidine rings is 1. The van der Waals surface area contributed by atoms with Crippen LogP contribution in [0.3, 0.4) is 0 Å². The lowest BCUT2D eigenvalue weighted by Crippen LogP contribution is -2.44. The maximum Gasteiger partial charge on any atom is 0.261 e. The molecule has 2 fully saturated rings. The van der Waals surface area contributed by atoms with E-state index in [4.69, 9.17) is 0 Å². The van der Waals surface area contributed by atoms with Crippen LogP contribution in [0.2, 0.25) is 0 Å². The van der Waals surface area contributed by atoms with Gasteiger partial charge in [0.05, 0.1) is 24.0 Å². The first kappa shape index (κ1) is 22.5. The molecule has 0 bridgehead atoms. The molecule has 0 spiro atoms. The van der Waals surface area contributed by atoms with Crippen molar-refractivity contribution in [3.8, 4) is 0 Å². The molecule has 2 amide bonds. The van der Waals surface area contributed by atoms with Crippen molar-refractivity contribution in [3.05, 3.63) is 47.8 Å². The van der Waals surface area contributed by atoms with Gasteiger partial charge in [-0.1, -0.05) is 31.0 Å². The van der Waals surface area contributed by atoms with E-state index in [0.717, 1.165) is 50.4 Å². The second kappa shape index (κ2) is 10.8. The van der Waals surface area contributed by atoms with Crippen LogP contribution in [0.25, 0.3) is 0 Å². The molecule has 7 nitrogen and oxygen atoms in total. The fraction of sp³-hybridized carbons (Fsp3) is 0.560. The van der Waals surface area contributed by atoms with Gasteiger partial charge in [-0.05, 0) is 57.8 Å². The molecule has 1 N–H and O–H groups in total. The van der Waals surface area contributed by atoms with Crippen LogP contribution in [0.5, 0.6) is 0 Å². The van der Waals surface area contributed by atoms with Gasteiger partial charge in [0.25, 0.3) is 5.91 Å². The highest BCUT2D eigenvalue weighted by molar-refractivity contribution is 6.06. The van der Waals surface area contributed by atoms with Crippen molar-refractivity contribution in [2.75, 3.05) is 44.2 Å². The summed E-state index contributed by atoms with van der Waals surface area (Å²) in [6.07, 6.45) is 8.31. The van der Waals surface area contributed by atoms with E-state index < -0.39 is 0 Å². The van der Waals surface area contributed by atoms with E-state index in [-0.39, 0.29) is 17.7 Å². The molecule has 7 heteroatoms. The Bertz CT molecular complexity index is 881. The summed E-state index contributed by atoms with van der Waals surface area (Å²) < 4.78 is 0. The predicted octanol–water partition coefficient (Wildman–Crippen LogP) is 3.66.